The van der Waals surface area contributed by atoms with Crippen molar-refractivity contribution in [2.45, 2.75) is 56.9 Å². The van der Waals surface area contributed by atoms with Gasteiger partial charge in [-0.05, 0) is 44.4 Å². The van der Waals surface area contributed by atoms with E-state index in [0.717, 1.165) is 28.8 Å². The molecule has 4 aromatic rings. The van der Waals surface area contributed by atoms with E-state index in [1.807, 2.05) is 6.07 Å². The summed E-state index contributed by atoms with van der Waals surface area (Å²) in [5, 5.41) is 37.5. The third-order valence-corrected chi connectivity index (χ3v) is 8.48. The minimum Gasteiger partial charge on any atom is -0.396 e. The normalized spacial score (nSPS) is 22.9. The van der Waals surface area contributed by atoms with Crippen LogP contribution < -0.4 is 10.6 Å². The van der Waals surface area contributed by atoms with E-state index < -0.39 is 35.8 Å². The smallest absolute Gasteiger partial charge is 0.225 e. The molecule has 6 rings (SSSR count). The summed E-state index contributed by atoms with van der Waals surface area (Å²) >= 11 is 1.48. The number of thiazole rings is 1. The van der Waals surface area contributed by atoms with Gasteiger partial charge in [-0.15, -0.1) is 11.3 Å². The molecule has 3 heterocycles. The molecule has 0 bridgehead atoms. The molecule has 0 saturated heterocycles. The third-order valence-electron chi connectivity index (χ3n) is 7.45. The number of rotatable bonds is 8. The fraction of sp³-hybridized carbons (Fsp3) is 0.407. The van der Waals surface area contributed by atoms with E-state index in [0.29, 0.717) is 34.4 Å². The van der Waals surface area contributed by atoms with E-state index in [1.54, 1.807) is 13.1 Å². The van der Waals surface area contributed by atoms with Gasteiger partial charge in [-0.25, -0.2) is 18.7 Å². The lowest BCUT2D eigenvalue weighted by molar-refractivity contribution is 0.00446. The van der Waals surface area contributed by atoms with E-state index in [1.165, 1.54) is 29.5 Å². The number of pyridine rings is 1. The second kappa shape index (κ2) is 10.3. The Hall–Kier alpha value is -3.32. The van der Waals surface area contributed by atoms with Crippen LogP contribution in [0.1, 0.15) is 42.1 Å². The van der Waals surface area contributed by atoms with Gasteiger partial charge in [0, 0.05) is 36.7 Å². The highest BCUT2D eigenvalue weighted by atomic mass is 32.1. The molecule has 2 saturated carbocycles. The molecule has 4 unspecified atom stereocenters. The van der Waals surface area contributed by atoms with Gasteiger partial charge in [-0.3, -0.25) is 4.98 Å². The van der Waals surface area contributed by atoms with Crippen LogP contribution in [0.3, 0.4) is 0 Å². The minimum absolute atomic E-state index is 0.134. The van der Waals surface area contributed by atoms with Crippen molar-refractivity contribution in [3.63, 3.8) is 0 Å². The zero-order valence-electron chi connectivity index (χ0n) is 21.1. The molecule has 9 nitrogen and oxygen atoms in total. The van der Waals surface area contributed by atoms with Crippen LogP contribution in [0, 0.1) is 24.5 Å². The number of fused-ring (bicyclic) bond motifs is 1. The minimum atomic E-state index is -1.13. The van der Waals surface area contributed by atoms with Crippen LogP contribution in [0.25, 0.3) is 20.8 Å². The Morgan fingerprint density at radius 2 is 1.82 bits per heavy atom. The number of halogens is 2. The highest BCUT2D eigenvalue weighted by molar-refractivity contribution is 7.21. The topological polar surface area (TPSA) is 136 Å². The molecule has 0 aliphatic heterocycles. The average molecular weight is 555 g/mol. The van der Waals surface area contributed by atoms with Crippen LogP contribution in [-0.2, 0) is 6.54 Å². The molecule has 39 heavy (non-hydrogen) atoms. The molecular formula is C27H28F2N6O3S. The predicted octanol–water partition coefficient (Wildman–Crippen LogP) is 3.74. The second-order valence-corrected chi connectivity index (χ2v) is 11.2. The molecule has 12 heteroatoms. The molecule has 1 aromatic carbocycles. The van der Waals surface area contributed by atoms with Crippen LogP contribution in [-0.4, -0.2) is 60.1 Å². The van der Waals surface area contributed by atoms with Crippen molar-refractivity contribution in [1.29, 1.82) is 0 Å². The SMILES string of the molecule is Cc1nc(NCc2c(F)cccc2F)nc(NC2CC(CO)C(O)C2O)c1-c1nc2c(C3CC3)nccc2s1. The largest absolute Gasteiger partial charge is 0.396 e. The molecule has 0 spiro atoms. The summed E-state index contributed by atoms with van der Waals surface area (Å²) in [6.45, 7) is 1.35. The number of aromatic nitrogens is 4. The number of aliphatic hydroxyl groups is 3. The summed E-state index contributed by atoms with van der Waals surface area (Å²) < 4.78 is 29.4. The maximum absolute atomic E-state index is 14.2. The van der Waals surface area contributed by atoms with Gasteiger partial charge >= 0.3 is 0 Å². The van der Waals surface area contributed by atoms with Crippen molar-refractivity contribution in [3.05, 3.63) is 59.0 Å². The summed E-state index contributed by atoms with van der Waals surface area (Å²) in [7, 11) is 0. The summed E-state index contributed by atoms with van der Waals surface area (Å²) in [6.07, 6.45) is 2.07. The van der Waals surface area contributed by atoms with Crippen LogP contribution in [0.15, 0.2) is 30.5 Å². The molecule has 2 aliphatic carbocycles. The highest BCUT2D eigenvalue weighted by Gasteiger charge is 2.41. The number of nitrogens with zero attached hydrogens (tertiary/aromatic N) is 4. The zero-order valence-corrected chi connectivity index (χ0v) is 21.9. The Morgan fingerprint density at radius 1 is 1.05 bits per heavy atom. The van der Waals surface area contributed by atoms with Gasteiger partial charge in [0.15, 0.2) is 0 Å². The van der Waals surface area contributed by atoms with Gasteiger partial charge in [-0.2, -0.15) is 4.98 Å². The quantitative estimate of drug-likeness (QED) is 0.221. The Bertz CT molecular complexity index is 1510. The van der Waals surface area contributed by atoms with Gasteiger partial charge < -0.3 is 26.0 Å². The number of hydrogen-bond acceptors (Lipinski definition) is 10. The fourth-order valence-electron chi connectivity index (χ4n) is 5.14. The van der Waals surface area contributed by atoms with Crippen molar-refractivity contribution in [2.75, 3.05) is 17.2 Å². The van der Waals surface area contributed by atoms with Crippen molar-refractivity contribution >= 4 is 33.3 Å². The van der Waals surface area contributed by atoms with Gasteiger partial charge in [0.1, 0.15) is 34.1 Å². The molecule has 4 atom stereocenters. The summed E-state index contributed by atoms with van der Waals surface area (Å²) in [5.41, 5.74) is 2.88. The summed E-state index contributed by atoms with van der Waals surface area (Å²) in [4.78, 5) is 18.7. The van der Waals surface area contributed by atoms with E-state index in [9.17, 15) is 24.1 Å². The lowest BCUT2D eigenvalue weighted by atomic mass is 10.1. The maximum Gasteiger partial charge on any atom is 0.225 e. The molecule has 0 amide bonds. The number of hydrogen-bond donors (Lipinski definition) is 5. The Balaban J connectivity index is 1.39. The number of nitrogens with one attached hydrogen (secondary N) is 2. The van der Waals surface area contributed by atoms with Crippen molar-refractivity contribution in [1.82, 2.24) is 19.9 Å². The predicted molar refractivity (Wildman–Crippen MR) is 143 cm³/mol. The average Bonchev–Trinajstić information content (AvgIpc) is 3.61. The Labute approximate surface area is 227 Å². The standard InChI is InChI=1S/C27H28F2N6O3S/c1-12-20(26-34-22-19(39-26)7-8-30-21(22)13-5-6-13)25(33-18-9-14(11-36)23(37)24(18)38)35-27(32-12)31-10-15-16(28)3-2-4-17(15)29/h2-4,7-8,13-14,18,23-24,36-38H,5-6,9-11H2,1H3,(H2,31,32,33,35). The first-order chi connectivity index (χ1) is 18.8. The molecule has 2 fully saturated rings. The first-order valence-electron chi connectivity index (χ1n) is 12.9. The van der Waals surface area contributed by atoms with Gasteiger partial charge in [-0.1, -0.05) is 6.07 Å². The number of aryl methyl sites for hydroxylation is 1. The monoisotopic (exact) mass is 554 g/mol. The van der Waals surface area contributed by atoms with Crippen LogP contribution >= 0.6 is 11.3 Å². The maximum atomic E-state index is 14.2. The molecule has 0 radical (unpaired) electrons. The lowest BCUT2D eigenvalue weighted by Crippen LogP contribution is -2.35. The van der Waals surface area contributed by atoms with E-state index in [4.69, 9.17) is 4.98 Å². The molecule has 204 valence electrons. The first-order valence-corrected chi connectivity index (χ1v) is 13.7. The van der Waals surface area contributed by atoms with Gasteiger partial charge in [0.2, 0.25) is 5.95 Å². The zero-order chi connectivity index (χ0) is 27.3. The fourth-order valence-corrected chi connectivity index (χ4v) is 6.21. The third kappa shape index (κ3) is 4.93. The lowest BCUT2D eigenvalue weighted by Gasteiger charge is -2.21. The van der Waals surface area contributed by atoms with E-state index in [-0.39, 0.29) is 24.7 Å². The van der Waals surface area contributed by atoms with E-state index >= 15 is 0 Å². The molecule has 3 aromatic heterocycles. The number of benzene rings is 1. The number of anilines is 2. The van der Waals surface area contributed by atoms with Crippen LogP contribution in [0.2, 0.25) is 0 Å². The van der Waals surface area contributed by atoms with Crippen molar-refractivity contribution < 1.29 is 24.1 Å². The van der Waals surface area contributed by atoms with Crippen molar-refractivity contribution in [2.24, 2.45) is 5.92 Å². The van der Waals surface area contributed by atoms with Crippen molar-refractivity contribution in [3.8, 4) is 10.6 Å². The molecule has 5 N–H and O–H groups in total. The summed E-state index contributed by atoms with van der Waals surface area (Å²) in [5.74, 6) is -0.943. The Kier molecular flexibility index (Phi) is 6.88. The van der Waals surface area contributed by atoms with Crippen LogP contribution in [0.4, 0.5) is 20.5 Å². The number of aliphatic hydroxyl groups excluding tert-OH is 3. The highest BCUT2D eigenvalue weighted by Crippen LogP contribution is 2.44. The van der Waals surface area contributed by atoms with E-state index in [2.05, 4.69) is 25.6 Å². The van der Waals surface area contributed by atoms with Gasteiger partial charge in [0.25, 0.3) is 0 Å². The van der Waals surface area contributed by atoms with Gasteiger partial charge in [0.05, 0.1) is 33.8 Å². The summed E-state index contributed by atoms with van der Waals surface area (Å²) in [6, 6.07) is 5.00. The van der Waals surface area contributed by atoms with Crippen LogP contribution in [0.5, 0.6) is 0 Å². The Morgan fingerprint density at radius 3 is 2.51 bits per heavy atom. The second-order valence-electron chi connectivity index (χ2n) is 10.2. The first kappa shape index (κ1) is 25.9. The molecule has 2 aliphatic rings. The molecular weight excluding hydrogens is 526 g/mol.